The molecule has 24 heavy (non-hydrogen) atoms. The summed E-state index contributed by atoms with van der Waals surface area (Å²) in [5.74, 6) is 0.289. The summed E-state index contributed by atoms with van der Waals surface area (Å²) in [5.41, 5.74) is 1.08. The van der Waals surface area contributed by atoms with Gasteiger partial charge >= 0.3 is 0 Å². The van der Waals surface area contributed by atoms with E-state index in [1.54, 1.807) is 6.92 Å². The fourth-order valence-electron chi connectivity index (χ4n) is 3.77. The monoisotopic (exact) mass is 329 g/mol. The van der Waals surface area contributed by atoms with Crippen LogP contribution in [-0.4, -0.2) is 65.8 Å². The molecule has 2 amide bonds. The number of likely N-dealkylation sites (tertiary alicyclic amines) is 1. The van der Waals surface area contributed by atoms with Crippen molar-refractivity contribution in [1.29, 1.82) is 0 Å². The van der Waals surface area contributed by atoms with Gasteiger partial charge in [-0.3, -0.25) is 14.5 Å². The van der Waals surface area contributed by atoms with Crippen molar-refractivity contribution in [3.8, 4) is 0 Å². The summed E-state index contributed by atoms with van der Waals surface area (Å²) in [5, 5.41) is 0. The molecule has 2 aliphatic heterocycles. The molecule has 0 aliphatic carbocycles. The molecule has 0 unspecified atom stereocenters. The van der Waals surface area contributed by atoms with E-state index < -0.39 is 0 Å². The Bertz CT molecular complexity index is 569. The van der Waals surface area contributed by atoms with Crippen LogP contribution < -0.4 is 0 Å². The minimum Gasteiger partial charge on any atom is -0.341 e. The van der Waals surface area contributed by atoms with Gasteiger partial charge in [-0.05, 0) is 37.9 Å². The third kappa shape index (κ3) is 3.78. The van der Waals surface area contributed by atoms with Crippen molar-refractivity contribution >= 4 is 11.8 Å². The highest BCUT2D eigenvalue weighted by Gasteiger charge is 2.33. The minimum atomic E-state index is -0.183. The molecule has 1 atom stereocenters. The van der Waals surface area contributed by atoms with Crippen molar-refractivity contribution in [1.82, 2.24) is 14.7 Å². The summed E-state index contributed by atoms with van der Waals surface area (Å²) in [6.45, 7) is 6.34. The molecule has 5 heteroatoms. The predicted molar refractivity (Wildman–Crippen MR) is 93.4 cm³/mol. The van der Waals surface area contributed by atoms with E-state index in [2.05, 4.69) is 17.0 Å². The van der Waals surface area contributed by atoms with Crippen LogP contribution in [0.25, 0.3) is 0 Å². The molecule has 0 N–H and O–H groups in total. The van der Waals surface area contributed by atoms with Crippen LogP contribution in [0.3, 0.4) is 0 Å². The first-order valence-corrected chi connectivity index (χ1v) is 9.00. The molecular formula is C19H27N3O2. The van der Waals surface area contributed by atoms with E-state index in [-0.39, 0.29) is 17.9 Å². The third-order valence-corrected chi connectivity index (χ3v) is 5.11. The van der Waals surface area contributed by atoms with Crippen LogP contribution in [0.4, 0.5) is 0 Å². The standard InChI is InChI=1S/C19H27N3O2/c1-16(23)20-12-7-13-22(15-14-20)19(24)18(21-10-5-6-11-21)17-8-3-2-4-9-17/h2-4,8-9,18H,5-7,10-15H2,1H3/t18-/m1/s1. The van der Waals surface area contributed by atoms with E-state index >= 15 is 0 Å². The molecule has 0 spiro atoms. The van der Waals surface area contributed by atoms with Gasteiger partial charge in [-0.1, -0.05) is 30.3 Å². The van der Waals surface area contributed by atoms with Crippen LogP contribution >= 0.6 is 0 Å². The van der Waals surface area contributed by atoms with Crippen LogP contribution in [0.15, 0.2) is 30.3 Å². The van der Waals surface area contributed by atoms with Gasteiger partial charge in [0.15, 0.2) is 0 Å². The fourth-order valence-corrected chi connectivity index (χ4v) is 3.77. The molecule has 2 fully saturated rings. The number of hydrogen-bond donors (Lipinski definition) is 0. The van der Waals surface area contributed by atoms with Crippen molar-refractivity contribution < 1.29 is 9.59 Å². The zero-order valence-electron chi connectivity index (χ0n) is 14.5. The molecule has 3 rings (SSSR count). The molecule has 130 valence electrons. The van der Waals surface area contributed by atoms with Crippen molar-refractivity contribution in [2.45, 2.75) is 32.2 Å². The normalized spacial score (nSPS) is 20.7. The molecule has 1 aromatic carbocycles. The Balaban J connectivity index is 1.77. The highest BCUT2D eigenvalue weighted by atomic mass is 16.2. The lowest BCUT2D eigenvalue weighted by Gasteiger charge is -2.32. The van der Waals surface area contributed by atoms with Gasteiger partial charge in [0.25, 0.3) is 0 Å². The average molecular weight is 329 g/mol. The van der Waals surface area contributed by atoms with Gasteiger partial charge in [-0.25, -0.2) is 0 Å². The summed E-state index contributed by atoms with van der Waals surface area (Å²) in [7, 11) is 0. The fraction of sp³-hybridized carbons (Fsp3) is 0.579. The Morgan fingerprint density at radius 1 is 0.833 bits per heavy atom. The Hall–Kier alpha value is -1.88. The molecule has 1 aromatic rings. The molecular weight excluding hydrogens is 302 g/mol. The highest BCUT2D eigenvalue weighted by Crippen LogP contribution is 2.27. The average Bonchev–Trinajstić information content (AvgIpc) is 2.98. The van der Waals surface area contributed by atoms with E-state index in [1.807, 2.05) is 28.0 Å². The van der Waals surface area contributed by atoms with Gasteiger partial charge in [0, 0.05) is 33.1 Å². The van der Waals surface area contributed by atoms with Gasteiger partial charge < -0.3 is 9.80 Å². The van der Waals surface area contributed by atoms with Crippen molar-refractivity contribution in [3.05, 3.63) is 35.9 Å². The summed E-state index contributed by atoms with van der Waals surface area (Å²) in [4.78, 5) is 31.0. The third-order valence-electron chi connectivity index (χ3n) is 5.11. The molecule has 0 saturated carbocycles. The number of carbonyl (C=O) groups excluding carboxylic acids is 2. The van der Waals surface area contributed by atoms with Crippen molar-refractivity contribution in [2.24, 2.45) is 0 Å². The summed E-state index contributed by atoms with van der Waals surface area (Å²) >= 11 is 0. The molecule has 2 aliphatic rings. The van der Waals surface area contributed by atoms with Crippen molar-refractivity contribution in [2.75, 3.05) is 39.3 Å². The Morgan fingerprint density at radius 2 is 1.46 bits per heavy atom. The first kappa shape index (κ1) is 17.0. The molecule has 0 aromatic heterocycles. The van der Waals surface area contributed by atoms with Crippen LogP contribution in [0.1, 0.15) is 37.8 Å². The highest BCUT2D eigenvalue weighted by molar-refractivity contribution is 5.83. The first-order chi connectivity index (χ1) is 11.7. The van der Waals surface area contributed by atoms with Gasteiger partial charge in [-0.15, -0.1) is 0 Å². The smallest absolute Gasteiger partial charge is 0.244 e. The van der Waals surface area contributed by atoms with Crippen LogP contribution in [-0.2, 0) is 9.59 Å². The number of nitrogens with zero attached hydrogens (tertiary/aromatic N) is 3. The predicted octanol–water partition coefficient (Wildman–Crippen LogP) is 1.90. The van der Waals surface area contributed by atoms with Gasteiger partial charge in [-0.2, -0.15) is 0 Å². The van der Waals surface area contributed by atoms with Gasteiger partial charge in [0.05, 0.1) is 0 Å². The van der Waals surface area contributed by atoms with Gasteiger partial charge in [0.2, 0.25) is 11.8 Å². The summed E-state index contributed by atoms with van der Waals surface area (Å²) < 4.78 is 0. The van der Waals surface area contributed by atoms with Crippen molar-refractivity contribution in [3.63, 3.8) is 0 Å². The second kappa shape index (κ2) is 7.79. The van der Waals surface area contributed by atoms with E-state index in [0.29, 0.717) is 13.1 Å². The summed E-state index contributed by atoms with van der Waals surface area (Å²) in [6, 6.07) is 9.93. The first-order valence-electron chi connectivity index (χ1n) is 9.00. The molecule has 2 heterocycles. The quantitative estimate of drug-likeness (QED) is 0.851. The Labute approximate surface area is 144 Å². The summed E-state index contributed by atoms with van der Waals surface area (Å²) in [6.07, 6.45) is 3.18. The number of rotatable bonds is 3. The molecule has 2 saturated heterocycles. The number of carbonyl (C=O) groups is 2. The largest absolute Gasteiger partial charge is 0.341 e. The van der Waals surface area contributed by atoms with E-state index in [1.165, 1.54) is 0 Å². The number of benzene rings is 1. The lowest BCUT2D eigenvalue weighted by molar-refractivity contribution is -0.137. The number of hydrogen-bond acceptors (Lipinski definition) is 3. The second-order valence-corrected chi connectivity index (χ2v) is 6.74. The lowest BCUT2D eigenvalue weighted by atomic mass is 10.0. The maximum Gasteiger partial charge on any atom is 0.244 e. The van der Waals surface area contributed by atoms with E-state index in [0.717, 1.165) is 51.0 Å². The SMILES string of the molecule is CC(=O)N1CCCN(C(=O)[C@@H](c2ccccc2)N2CCCC2)CC1. The van der Waals surface area contributed by atoms with Crippen LogP contribution in [0, 0.1) is 0 Å². The molecule has 0 bridgehead atoms. The van der Waals surface area contributed by atoms with E-state index in [4.69, 9.17) is 0 Å². The maximum atomic E-state index is 13.3. The zero-order chi connectivity index (χ0) is 16.9. The van der Waals surface area contributed by atoms with Crippen LogP contribution in [0.5, 0.6) is 0 Å². The zero-order valence-corrected chi connectivity index (χ0v) is 14.5. The lowest BCUT2D eigenvalue weighted by Crippen LogP contribution is -2.44. The van der Waals surface area contributed by atoms with Crippen LogP contribution in [0.2, 0.25) is 0 Å². The Kier molecular flexibility index (Phi) is 5.51. The number of amides is 2. The molecule has 0 radical (unpaired) electrons. The minimum absolute atomic E-state index is 0.100. The molecule has 5 nitrogen and oxygen atoms in total. The Morgan fingerprint density at radius 3 is 2.12 bits per heavy atom. The van der Waals surface area contributed by atoms with Gasteiger partial charge in [0.1, 0.15) is 6.04 Å². The maximum absolute atomic E-state index is 13.3. The second-order valence-electron chi connectivity index (χ2n) is 6.74. The van der Waals surface area contributed by atoms with E-state index in [9.17, 15) is 9.59 Å². The topological polar surface area (TPSA) is 43.9 Å².